The van der Waals surface area contributed by atoms with Crippen molar-refractivity contribution in [2.45, 2.75) is 39.2 Å². The van der Waals surface area contributed by atoms with Gasteiger partial charge in [-0.25, -0.2) is 9.97 Å². The van der Waals surface area contributed by atoms with Gasteiger partial charge in [-0.1, -0.05) is 13.3 Å². The maximum Gasteiger partial charge on any atom is 0.141 e. The molecule has 0 spiro atoms. The zero-order valence-electron chi connectivity index (χ0n) is 9.37. The van der Waals surface area contributed by atoms with Crippen LogP contribution in [0.4, 0.5) is 0 Å². The van der Waals surface area contributed by atoms with Gasteiger partial charge in [-0.05, 0) is 30.7 Å². The molecule has 1 fully saturated rings. The van der Waals surface area contributed by atoms with Crippen LogP contribution < -0.4 is 5.32 Å². The van der Waals surface area contributed by atoms with Gasteiger partial charge in [-0.15, -0.1) is 0 Å². The molecule has 1 heterocycles. The minimum atomic E-state index is 0.578. The molecule has 1 aromatic rings. The van der Waals surface area contributed by atoms with Crippen molar-refractivity contribution in [1.29, 1.82) is 0 Å². The summed E-state index contributed by atoms with van der Waals surface area (Å²) in [5, 5.41) is 3.47. The lowest BCUT2D eigenvalue weighted by Gasteiger charge is -2.41. The zero-order chi connectivity index (χ0) is 10.6. The van der Waals surface area contributed by atoms with Gasteiger partial charge in [0.2, 0.25) is 0 Å². The molecular weight excluding hydrogens is 186 g/mol. The van der Waals surface area contributed by atoms with Crippen LogP contribution in [0.1, 0.15) is 38.4 Å². The summed E-state index contributed by atoms with van der Waals surface area (Å²) in [5.74, 6) is 0.892. The van der Waals surface area contributed by atoms with E-state index in [0.29, 0.717) is 5.41 Å². The number of nitrogens with one attached hydrogen (secondary N) is 1. The lowest BCUT2D eigenvalue weighted by Crippen LogP contribution is -2.39. The van der Waals surface area contributed by atoms with Crippen molar-refractivity contribution in [2.75, 3.05) is 6.54 Å². The summed E-state index contributed by atoms with van der Waals surface area (Å²) in [4.78, 5) is 8.39. The van der Waals surface area contributed by atoms with E-state index in [9.17, 15) is 0 Å². The predicted molar refractivity (Wildman–Crippen MR) is 60.3 cm³/mol. The minimum absolute atomic E-state index is 0.578. The first-order valence-electron chi connectivity index (χ1n) is 5.81. The Hall–Kier alpha value is -0.960. The van der Waals surface area contributed by atoms with Crippen molar-refractivity contribution in [2.24, 2.45) is 5.41 Å². The highest BCUT2D eigenvalue weighted by molar-refractivity contribution is 4.91. The SMILES string of the molecule is CCC1(CNCc2ncccn2)CCC1. The van der Waals surface area contributed by atoms with E-state index in [2.05, 4.69) is 22.2 Å². The monoisotopic (exact) mass is 205 g/mol. The maximum absolute atomic E-state index is 4.19. The van der Waals surface area contributed by atoms with Crippen molar-refractivity contribution in [1.82, 2.24) is 15.3 Å². The molecule has 1 aliphatic rings. The Morgan fingerprint density at radius 3 is 2.60 bits per heavy atom. The van der Waals surface area contributed by atoms with Gasteiger partial charge in [-0.3, -0.25) is 0 Å². The molecule has 0 saturated heterocycles. The van der Waals surface area contributed by atoms with Crippen LogP contribution in [-0.2, 0) is 6.54 Å². The molecule has 0 radical (unpaired) electrons. The van der Waals surface area contributed by atoms with Gasteiger partial charge in [-0.2, -0.15) is 0 Å². The summed E-state index contributed by atoms with van der Waals surface area (Å²) < 4.78 is 0. The summed E-state index contributed by atoms with van der Waals surface area (Å²) >= 11 is 0. The normalized spacial score (nSPS) is 18.5. The second kappa shape index (κ2) is 4.71. The quantitative estimate of drug-likeness (QED) is 0.800. The Kier molecular flexibility index (Phi) is 3.31. The molecule has 1 aromatic heterocycles. The molecule has 15 heavy (non-hydrogen) atoms. The van der Waals surface area contributed by atoms with Gasteiger partial charge in [0.05, 0.1) is 6.54 Å². The van der Waals surface area contributed by atoms with Crippen LogP contribution in [0, 0.1) is 5.41 Å². The third-order valence-electron chi connectivity index (χ3n) is 3.57. The maximum atomic E-state index is 4.19. The molecule has 82 valence electrons. The topological polar surface area (TPSA) is 37.8 Å². The van der Waals surface area contributed by atoms with Crippen molar-refractivity contribution in [3.05, 3.63) is 24.3 Å². The minimum Gasteiger partial charge on any atom is -0.309 e. The van der Waals surface area contributed by atoms with Gasteiger partial charge < -0.3 is 5.32 Å². The number of hydrogen-bond donors (Lipinski definition) is 1. The van der Waals surface area contributed by atoms with Crippen molar-refractivity contribution < 1.29 is 0 Å². The third kappa shape index (κ3) is 2.53. The number of nitrogens with zero attached hydrogens (tertiary/aromatic N) is 2. The van der Waals surface area contributed by atoms with E-state index in [4.69, 9.17) is 0 Å². The first-order chi connectivity index (χ1) is 7.35. The molecule has 3 nitrogen and oxygen atoms in total. The second-order valence-corrected chi connectivity index (χ2v) is 4.48. The molecular formula is C12H19N3. The van der Waals surface area contributed by atoms with Gasteiger partial charge in [0, 0.05) is 18.9 Å². The van der Waals surface area contributed by atoms with Gasteiger partial charge in [0.25, 0.3) is 0 Å². The summed E-state index contributed by atoms with van der Waals surface area (Å²) in [6.45, 7) is 4.20. The largest absolute Gasteiger partial charge is 0.309 e. The molecule has 3 heteroatoms. The van der Waals surface area contributed by atoms with E-state index in [-0.39, 0.29) is 0 Å². The van der Waals surface area contributed by atoms with Crippen LogP contribution in [0.3, 0.4) is 0 Å². The molecule has 0 aromatic carbocycles. The zero-order valence-corrected chi connectivity index (χ0v) is 9.37. The summed E-state index contributed by atoms with van der Waals surface area (Å²) in [6.07, 6.45) is 9.04. The number of aromatic nitrogens is 2. The van der Waals surface area contributed by atoms with Gasteiger partial charge in [0.1, 0.15) is 5.82 Å². The van der Waals surface area contributed by atoms with Crippen molar-refractivity contribution >= 4 is 0 Å². The van der Waals surface area contributed by atoms with E-state index in [0.717, 1.165) is 18.9 Å². The van der Waals surface area contributed by atoms with Gasteiger partial charge >= 0.3 is 0 Å². The molecule has 2 rings (SSSR count). The molecule has 1 aliphatic carbocycles. The molecule has 0 aliphatic heterocycles. The Balaban J connectivity index is 1.75. The first-order valence-corrected chi connectivity index (χ1v) is 5.81. The highest BCUT2D eigenvalue weighted by atomic mass is 15.0. The van der Waals surface area contributed by atoms with E-state index in [1.165, 1.54) is 25.7 Å². The first kappa shape index (κ1) is 10.6. The molecule has 1 saturated carbocycles. The molecule has 0 unspecified atom stereocenters. The van der Waals surface area contributed by atoms with Crippen molar-refractivity contribution in [3.63, 3.8) is 0 Å². The van der Waals surface area contributed by atoms with E-state index < -0.39 is 0 Å². The van der Waals surface area contributed by atoms with Crippen LogP contribution in [0.5, 0.6) is 0 Å². The smallest absolute Gasteiger partial charge is 0.141 e. The van der Waals surface area contributed by atoms with E-state index in [1.807, 2.05) is 6.07 Å². The fourth-order valence-electron chi connectivity index (χ4n) is 2.19. The molecule has 0 bridgehead atoms. The van der Waals surface area contributed by atoms with E-state index in [1.54, 1.807) is 12.4 Å². The van der Waals surface area contributed by atoms with Crippen LogP contribution in [0.2, 0.25) is 0 Å². The highest BCUT2D eigenvalue weighted by Crippen LogP contribution is 2.42. The Labute approximate surface area is 91.3 Å². The Bertz CT molecular complexity index is 287. The average Bonchev–Trinajstić information content (AvgIpc) is 2.24. The Morgan fingerprint density at radius 2 is 2.07 bits per heavy atom. The van der Waals surface area contributed by atoms with E-state index >= 15 is 0 Å². The summed E-state index contributed by atoms with van der Waals surface area (Å²) in [6, 6.07) is 1.85. The predicted octanol–water partition coefficient (Wildman–Crippen LogP) is 2.15. The van der Waals surface area contributed by atoms with Crippen LogP contribution in [0.15, 0.2) is 18.5 Å². The lowest BCUT2D eigenvalue weighted by molar-refractivity contribution is 0.123. The number of rotatable bonds is 5. The summed E-state index contributed by atoms with van der Waals surface area (Å²) in [5.41, 5.74) is 0.578. The third-order valence-corrected chi connectivity index (χ3v) is 3.57. The lowest BCUT2D eigenvalue weighted by atomic mass is 9.67. The molecule has 1 N–H and O–H groups in total. The fourth-order valence-corrected chi connectivity index (χ4v) is 2.19. The van der Waals surface area contributed by atoms with Gasteiger partial charge in [0.15, 0.2) is 0 Å². The summed E-state index contributed by atoms with van der Waals surface area (Å²) in [7, 11) is 0. The van der Waals surface area contributed by atoms with Crippen LogP contribution in [-0.4, -0.2) is 16.5 Å². The molecule has 0 atom stereocenters. The van der Waals surface area contributed by atoms with Crippen molar-refractivity contribution in [3.8, 4) is 0 Å². The second-order valence-electron chi connectivity index (χ2n) is 4.48. The number of hydrogen-bond acceptors (Lipinski definition) is 3. The van der Waals surface area contributed by atoms with Crippen LogP contribution >= 0.6 is 0 Å². The molecule has 0 amide bonds. The average molecular weight is 205 g/mol. The van der Waals surface area contributed by atoms with Crippen LogP contribution in [0.25, 0.3) is 0 Å². The Morgan fingerprint density at radius 1 is 1.33 bits per heavy atom. The standard InChI is InChI=1S/C12H19N3/c1-2-12(5-3-6-12)10-13-9-11-14-7-4-8-15-11/h4,7-8,13H,2-3,5-6,9-10H2,1H3. The highest BCUT2D eigenvalue weighted by Gasteiger charge is 2.34. The fraction of sp³-hybridized carbons (Fsp3) is 0.667.